The summed E-state index contributed by atoms with van der Waals surface area (Å²) in [5.41, 5.74) is 0. The molecule has 0 radical (unpaired) electrons. The van der Waals surface area contributed by atoms with E-state index in [4.69, 9.17) is 0 Å². The Morgan fingerprint density at radius 3 is 1.63 bits per heavy atom. The normalized spacial score (nSPS) is 11.8. The second-order valence-corrected chi connectivity index (χ2v) is 6.01. The van der Waals surface area contributed by atoms with E-state index in [1.807, 2.05) is 0 Å². The van der Waals surface area contributed by atoms with Crippen LogP contribution in [-0.4, -0.2) is 55.3 Å². The molecule has 0 aromatic heterocycles. The Balaban J connectivity index is 4.49. The van der Waals surface area contributed by atoms with Crippen LogP contribution in [0.1, 0.15) is 6.92 Å². The molecule has 0 saturated carbocycles. The molecule has 8 heteroatoms. The summed E-state index contributed by atoms with van der Waals surface area (Å²) in [5.74, 6) is -1.39. The van der Waals surface area contributed by atoms with E-state index < -0.39 is 5.92 Å². The van der Waals surface area contributed by atoms with E-state index in [1.54, 1.807) is 6.92 Å². The van der Waals surface area contributed by atoms with Gasteiger partial charge < -0.3 is 14.2 Å². The van der Waals surface area contributed by atoms with Gasteiger partial charge in [0.05, 0.1) is 43.3 Å². The van der Waals surface area contributed by atoms with Crippen LogP contribution in [0, 0.1) is 5.92 Å². The summed E-state index contributed by atoms with van der Waals surface area (Å²) in [5, 5.41) is 0. The van der Waals surface area contributed by atoms with Gasteiger partial charge in [-0.2, -0.15) is 0 Å². The lowest BCUT2D eigenvalue weighted by molar-refractivity contribution is -0.144. The molecule has 0 aliphatic carbocycles. The smallest absolute Gasteiger partial charge is 0.315 e. The van der Waals surface area contributed by atoms with Gasteiger partial charge in [0.1, 0.15) is 0 Å². The summed E-state index contributed by atoms with van der Waals surface area (Å²) < 4.78 is 13.4. The van der Waals surface area contributed by atoms with E-state index in [9.17, 15) is 14.4 Å². The SMILES string of the molecule is COC(=O)CSC(SCC(=O)OC)C(C)C(=O)OC. The first-order valence-electron chi connectivity index (χ1n) is 5.40. The molecule has 0 spiro atoms. The Hall–Kier alpha value is -0.890. The van der Waals surface area contributed by atoms with E-state index in [2.05, 4.69) is 14.2 Å². The topological polar surface area (TPSA) is 78.9 Å². The molecule has 0 fully saturated rings. The number of methoxy groups -OCH3 is 3. The second kappa shape index (κ2) is 9.96. The standard InChI is InChI=1S/C11H18O6S2/c1-7(10(14)17-4)11(18-5-8(12)15-2)19-6-9(13)16-3/h7,11H,5-6H2,1-4H3. The van der Waals surface area contributed by atoms with Crippen molar-refractivity contribution in [3.05, 3.63) is 0 Å². The molecule has 1 atom stereocenters. The molecular formula is C11H18O6S2. The lowest BCUT2D eigenvalue weighted by Gasteiger charge is -2.20. The summed E-state index contributed by atoms with van der Waals surface area (Å²) in [6.07, 6.45) is 0. The molecule has 0 bridgehead atoms. The van der Waals surface area contributed by atoms with Crippen molar-refractivity contribution < 1.29 is 28.6 Å². The van der Waals surface area contributed by atoms with E-state index >= 15 is 0 Å². The minimum absolute atomic E-state index is 0.108. The molecule has 0 aliphatic rings. The third kappa shape index (κ3) is 7.31. The first-order valence-corrected chi connectivity index (χ1v) is 7.50. The van der Waals surface area contributed by atoms with Crippen molar-refractivity contribution in [3.8, 4) is 0 Å². The van der Waals surface area contributed by atoms with Gasteiger partial charge in [0, 0.05) is 0 Å². The summed E-state index contributed by atoms with van der Waals surface area (Å²) in [6.45, 7) is 1.69. The van der Waals surface area contributed by atoms with Crippen molar-refractivity contribution in [2.75, 3.05) is 32.8 Å². The number of hydrogen-bond donors (Lipinski definition) is 0. The predicted octanol–water partition coefficient (Wildman–Crippen LogP) is 0.934. The highest BCUT2D eigenvalue weighted by molar-refractivity contribution is 8.17. The van der Waals surface area contributed by atoms with Crippen molar-refractivity contribution in [1.29, 1.82) is 0 Å². The first-order chi connectivity index (χ1) is 8.96. The molecule has 0 N–H and O–H groups in total. The molecule has 0 aromatic carbocycles. The van der Waals surface area contributed by atoms with Crippen LogP contribution in [-0.2, 0) is 28.6 Å². The molecule has 1 unspecified atom stereocenters. The lowest BCUT2D eigenvalue weighted by atomic mass is 10.2. The third-order valence-electron chi connectivity index (χ3n) is 2.17. The Bertz CT molecular complexity index is 300. The Morgan fingerprint density at radius 1 is 0.895 bits per heavy atom. The fraction of sp³-hybridized carbons (Fsp3) is 0.727. The van der Waals surface area contributed by atoms with Gasteiger partial charge >= 0.3 is 17.9 Å². The van der Waals surface area contributed by atoms with Crippen LogP contribution in [0.5, 0.6) is 0 Å². The van der Waals surface area contributed by atoms with E-state index in [0.717, 1.165) is 0 Å². The highest BCUT2D eigenvalue weighted by atomic mass is 32.2. The number of carbonyl (C=O) groups is 3. The van der Waals surface area contributed by atoms with Crippen LogP contribution >= 0.6 is 23.5 Å². The van der Waals surface area contributed by atoms with Crippen molar-refractivity contribution in [2.24, 2.45) is 5.92 Å². The molecule has 0 heterocycles. The molecule has 0 saturated heterocycles. The minimum Gasteiger partial charge on any atom is -0.469 e. The molecule has 0 amide bonds. The van der Waals surface area contributed by atoms with Gasteiger partial charge in [0.15, 0.2) is 0 Å². The highest BCUT2D eigenvalue weighted by Gasteiger charge is 2.27. The van der Waals surface area contributed by atoms with Gasteiger partial charge in [-0.15, -0.1) is 23.5 Å². The van der Waals surface area contributed by atoms with Crippen LogP contribution in [0.15, 0.2) is 0 Å². The van der Waals surface area contributed by atoms with Crippen molar-refractivity contribution >= 4 is 41.4 Å². The first kappa shape index (κ1) is 18.1. The summed E-state index contributed by atoms with van der Waals surface area (Å²) in [7, 11) is 3.89. The molecule has 0 aromatic rings. The average molecular weight is 310 g/mol. The fourth-order valence-corrected chi connectivity index (χ4v) is 3.48. The van der Waals surface area contributed by atoms with Crippen LogP contribution < -0.4 is 0 Å². The van der Waals surface area contributed by atoms with Gasteiger partial charge in [-0.3, -0.25) is 14.4 Å². The van der Waals surface area contributed by atoms with Crippen LogP contribution in [0.2, 0.25) is 0 Å². The van der Waals surface area contributed by atoms with Crippen molar-refractivity contribution in [3.63, 3.8) is 0 Å². The van der Waals surface area contributed by atoms with Crippen molar-refractivity contribution in [2.45, 2.75) is 11.5 Å². The van der Waals surface area contributed by atoms with Crippen LogP contribution in [0.3, 0.4) is 0 Å². The highest BCUT2D eigenvalue weighted by Crippen LogP contribution is 2.31. The zero-order valence-electron chi connectivity index (χ0n) is 11.3. The Morgan fingerprint density at radius 2 is 1.32 bits per heavy atom. The molecular weight excluding hydrogens is 292 g/mol. The van der Waals surface area contributed by atoms with Crippen LogP contribution in [0.4, 0.5) is 0 Å². The quantitative estimate of drug-likeness (QED) is 0.372. The van der Waals surface area contributed by atoms with Crippen molar-refractivity contribution in [1.82, 2.24) is 0 Å². The summed E-state index contributed by atoms with van der Waals surface area (Å²) in [4.78, 5) is 33.7. The summed E-state index contributed by atoms with van der Waals surface area (Å²) in [6, 6.07) is 0. The van der Waals surface area contributed by atoms with Gasteiger partial charge in [-0.05, 0) is 0 Å². The van der Waals surface area contributed by atoms with E-state index in [0.29, 0.717) is 0 Å². The monoisotopic (exact) mass is 310 g/mol. The Kier molecular flexibility index (Phi) is 9.50. The van der Waals surface area contributed by atoms with E-state index in [1.165, 1.54) is 44.9 Å². The molecule has 110 valence electrons. The van der Waals surface area contributed by atoms with Gasteiger partial charge in [-0.1, -0.05) is 6.92 Å². The van der Waals surface area contributed by atoms with Crippen LogP contribution in [0.25, 0.3) is 0 Å². The average Bonchev–Trinajstić information content (AvgIpc) is 2.44. The molecule has 0 aliphatic heterocycles. The summed E-state index contributed by atoms with van der Waals surface area (Å²) >= 11 is 2.48. The number of thioether (sulfide) groups is 2. The van der Waals surface area contributed by atoms with E-state index in [-0.39, 0.29) is 34.0 Å². The number of carbonyl (C=O) groups excluding carboxylic acids is 3. The van der Waals surface area contributed by atoms with Gasteiger partial charge in [0.2, 0.25) is 0 Å². The maximum Gasteiger partial charge on any atom is 0.315 e. The predicted molar refractivity (Wildman–Crippen MR) is 73.9 cm³/mol. The zero-order chi connectivity index (χ0) is 14.8. The number of hydrogen-bond acceptors (Lipinski definition) is 8. The lowest BCUT2D eigenvalue weighted by Crippen LogP contribution is -2.24. The number of rotatable bonds is 8. The minimum atomic E-state index is -0.450. The largest absolute Gasteiger partial charge is 0.469 e. The number of ether oxygens (including phenoxy) is 3. The number of esters is 3. The third-order valence-corrected chi connectivity index (χ3v) is 5.26. The fourth-order valence-electron chi connectivity index (χ4n) is 1.05. The molecule has 6 nitrogen and oxygen atoms in total. The molecule has 0 rings (SSSR count). The zero-order valence-corrected chi connectivity index (χ0v) is 13.0. The van der Waals surface area contributed by atoms with Gasteiger partial charge in [-0.25, -0.2) is 0 Å². The maximum absolute atomic E-state index is 11.5. The Labute approximate surface area is 120 Å². The van der Waals surface area contributed by atoms with Gasteiger partial charge in [0.25, 0.3) is 0 Å². The second-order valence-electron chi connectivity index (χ2n) is 3.45. The maximum atomic E-state index is 11.5. The molecule has 19 heavy (non-hydrogen) atoms.